The predicted molar refractivity (Wildman–Crippen MR) is 138 cm³/mol. The Balaban J connectivity index is 0.000000180. The summed E-state index contributed by atoms with van der Waals surface area (Å²) in [5, 5.41) is 17.4. The van der Waals surface area contributed by atoms with Gasteiger partial charge in [-0.15, -0.1) is 0 Å². The Bertz CT molecular complexity index is 1070. The highest BCUT2D eigenvalue weighted by molar-refractivity contribution is 9.10. The molecular weight excluding hydrogens is 463 g/mol. The van der Waals surface area contributed by atoms with Crippen LogP contribution in [0.15, 0.2) is 115 Å². The minimum Gasteiger partial charge on any atom is -0.423 e. The maximum Gasteiger partial charge on any atom is 0.488 e. The second-order valence-corrected chi connectivity index (χ2v) is 7.40. The monoisotopic (exact) mass is 486 g/mol. The van der Waals surface area contributed by atoms with Crippen LogP contribution < -0.4 is 5.46 Å². The molecule has 0 fully saturated rings. The number of hydrogen-bond acceptors (Lipinski definition) is 4. The highest BCUT2D eigenvalue weighted by atomic mass is 79.9. The van der Waals surface area contributed by atoms with Gasteiger partial charge in [0.15, 0.2) is 0 Å². The zero-order valence-corrected chi connectivity index (χ0v) is 19.1. The molecule has 2 heterocycles. The van der Waals surface area contributed by atoms with Gasteiger partial charge in [0.05, 0.1) is 0 Å². The molecule has 0 bridgehead atoms. The molecule has 32 heavy (non-hydrogen) atoms. The number of pyridine rings is 2. The third-order valence-corrected chi connectivity index (χ3v) is 4.71. The molecule has 2 aromatic carbocycles. The van der Waals surface area contributed by atoms with Gasteiger partial charge in [-0.2, -0.15) is 0 Å². The van der Waals surface area contributed by atoms with Gasteiger partial charge in [-0.05, 0) is 61.8 Å². The van der Waals surface area contributed by atoms with Gasteiger partial charge in [-0.3, -0.25) is 9.97 Å². The Labute approximate surface area is 197 Å². The largest absolute Gasteiger partial charge is 0.488 e. The molecule has 4 rings (SSSR count). The number of benzene rings is 2. The van der Waals surface area contributed by atoms with Crippen LogP contribution in [0.3, 0.4) is 0 Å². The van der Waals surface area contributed by atoms with E-state index in [1.165, 1.54) is 5.56 Å². The summed E-state index contributed by atoms with van der Waals surface area (Å²) in [4.78, 5) is 7.92. The minimum atomic E-state index is -1.38. The summed E-state index contributed by atoms with van der Waals surface area (Å²) in [6.07, 6.45) is 10.7. The molecule has 0 aliphatic rings. The molecule has 4 aromatic rings. The zero-order chi connectivity index (χ0) is 23.2. The Kier molecular flexibility index (Phi) is 10.8. The molecule has 2 N–H and O–H groups in total. The van der Waals surface area contributed by atoms with E-state index in [2.05, 4.69) is 69.4 Å². The summed E-state index contributed by atoms with van der Waals surface area (Å²) in [5.74, 6) is 0. The van der Waals surface area contributed by atoms with E-state index in [4.69, 9.17) is 10.0 Å². The van der Waals surface area contributed by atoms with E-state index in [-0.39, 0.29) is 0 Å². The minimum absolute atomic E-state index is 0.496. The fraction of sp³-hybridized carbons (Fsp3) is 0. The lowest BCUT2D eigenvalue weighted by Gasteiger charge is -2.00. The van der Waals surface area contributed by atoms with E-state index in [0.717, 1.165) is 21.2 Å². The van der Waals surface area contributed by atoms with Crippen molar-refractivity contribution in [2.24, 2.45) is 0 Å². The molecule has 0 spiro atoms. The number of nitrogens with zero attached hydrogens (tertiary/aromatic N) is 2. The first kappa shape index (κ1) is 24.9. The summed E-state index contributed by atoms with van der Waals surface area (Å²) in [6, 6.07) is 22.9. The molecule has 0 saturated carbocycles. The van der Waals surface area contributed by atoms with E-state index >= 15 is 0 Å². The molecule has 0 radical (unpaired) electrons. The van der Waals surface area contributed by atoms with Crippen LogP contribution in [0.4, 0.5) is 0 Å². The van der Waals surface area contributed by atoms with E-state index < -0.39 is 7.12 Å². The first-order valence-corrected chi connectivity index (χ1v) is 10.6. The fourth-order valence-electron chi connectivity index (χ4n) is 2.49. The van der Waals surface area contributed by atoms with Crippen molar-refractivity contribution in [3.63, 3.8) is 0 Å². The Morgan fingerprint density at radius 2 is 1.22 bits per heavy atom. The number of aromatic nitrogens is 2. The number of hydrogen-bond donors (Lipinski definition) is 2. The van der Waals surface area contributed by atoms with Gasteiger partial charge in [0, 0.05) is 29.3 Å². The highest BCUT2D eigenvalue weighted by Crippen LogP contribution is 2.18. The Morgan fingerprint density at radius 1 is 0.688 bits per heavy atom. The van der Waals surface area contributed by atoms with Gasteiger partial charge in [0.25, 0.3) is 0 Å². The van der Waals surface area contributed by atoms with Crippen molar-refractivity contribution in [1.82, 2.24) is 9.97 Å². The normalized spacial score (nSPS) is 9.34. The maximum absolute atomic E-state index is 8.72. The van der Waals surface area contributed by atoms with E-state index in [1.54, 1.807) is 48.9 Å². The van der Waals surface area contributed by atoms with Crippen molar-refractivity contribution in [2.75, 3.05) is 0 Å². The van der Waals surface area contributed by atoms with Crippen LogP contribution in [0.5, 0.6) is 0 Å². The van der Waals surface area contributed by atoms with E-state index in [9.17, 15) is 0 Å². The second-order valence-electron chi connectivity index (χ2n) is 6.48. The van der Waals surface area contributed by atoms with Crippen LogP contribution in [-0.2, 0) is 0 Å². The lowest BCUT2D eigenvalue weighted by atomic mass is 9.80. The van der Waals surface area contributed by atoms with Crippen LogP contribution in [-0.4, -0.2) is 27.1 Å². The molecule has 0 aliphatic heterocycles. The third-order valence-electron chi connectivity index (χ3n) is 4.24. The molecule has 160 valence electrons. The molecule has 0 amide bonds. The predicted octanol–water partition coefficient (Wildman–Crippen LogP) is 5.25. The zero-order valence-electron chi connectivity index (χ0n) is 17.6. The van der Waals surface area contributed by atoms with Gasteiger partial charge in [0.1, 0.15) is 0 Å². The summed E-state index contributed by atoms with van der Waals surface area (Å²) < 4.78 is 1.02. The Morgan fingerprint density at radius 3 is 1.59 bits per heavy atom. The van der Waals surface area contributed by atoms with Crippen LogP contribution in [0.1, 0.15) is 11.1 Å². The van der Waals surface area contributed by atoms with Gasteiger partial charge in [-0.1, -0.05) is 79.9 Å². The SMILES string of the molecule is Brc1cccnc1.C=Cc1ccc(-c2cccnc2)cc1.C=Cc1ccc(B(O)O)cc1. The molecule has 0 saturated heterocycles. The average Bonchev–Trinajstić information content (AvgIpc) is 2.86. The quantitative estimate of drug-likeness (QED) is 0.387. The standard InChI is InChI=1S/C13H11N.C8H9BO2.C5H4BrN/c1-2-11-5-7-12(8-6-11)13-4-3-9-14-10-13;1-2-7-3-5-8(6-4-7)9(10)11;6-5-2-1-3-7-4-5/h2-10H,1H2;2-6,10-11H,1H2;1-4H. The van der Waals surface area contributed by atoms with Gasteiger partial charge in [-0.25, -0.2) is 0 Å². The lowest BCUT2D eigenvalue weighted by Crippen LogP contribution is -2.29. The fourth-order valence-corrected chi connectivity index (χ4v) is 2.76. The first-order chi connectivity index (χ1) is 15.5. The first-order valence-electron chi connectivity index (χ1n) is 9.80. The van der Waals surface area contributed by atoms with E-state index in [0.29, 0.717) is 5.46 Å². The smallest absolute Gasteiger partial charge is 0.423 e. The molecule has 0 aliphatic carbocycles. The lowest BCUT2D eigenvalue weighted by molar-refractivity contribution is 0.426. The van der Waals surface area contributed by atoms with Crippen molar-refractivity contribution in [1.29, 1.82) is 0 Å². The Hall–Kier alpha value is -3.32. The highest BCUT2D eigenvalue weighted by Gasteiger charge is 2.08. The molecule has 6 heteroatoms. The number of rotatable bonds is 4. The molecule has 0 unspecified atom stereocenters. The van der Waals surface area contributed by atoms with E-state index in [1.807, 2.05) is 30.5 Å². The van der Waals surface area contributed by atoms with Crippen molar-refractivity contribution in [2.45, 2.75) is 0 Å². The van der Waals surface area contributed by atoms with Crippen molar-refractivity contribution >= 4 is 40.7 Å². The summed E-state index contributed by atoms with van der Waals surface area (Å²) in [5.41, 5.74) is 4.93. The van der Waals surface area contributed by atoms with Crippen molar-refractivity contribution in [3.05, 3.63) is 126 Å². The topological polar surface area (TPSA) is 66.2 Å². The van der Waals surface area contributed by atoms with Crippen molar-refractivity contribution < 1.29 is 10.0 Å². The summed E-state index contributed by atoms with van der Waals surface area (Å²) in [6.45, 7) is 7.30. The van der Waals surface area contributed by atoms with Crippen LogP contribution in [0, 0.1) is 0 Å². The molecule has 2 aromatic heterocycles. The van der Waals surface area contributed by atoms with Crippen LogP contribution >= 0.6 is 15.9 Å². The average molecular weight is 487 g/mol. The maximum atomic E-state index is 8.72. The summed E-state index contributed by atoms with van der Waals surface area (Å²) in [7, 11) is -1.38. The summed E-state index contributed by atoms with van der Waals surface area (Å²) >= 11 is 3.25. The molecular formula is C26H24BBrN2O2. The van der Waals surface area contributed by atoms with Gasteiger partial charge in [0.2, 0.25) is 0 Å². The van der Waals surface area contributed by atoms with Crippen molar-refractivity contribution in [3.8, 4) is 11.1 Å². The third kappa shape index (κ3) is 8.82. The molecule has 4 nitrogen and oxygen atoms in total. The van der Waals surface area contributed by atoms with Crippen LogP contribution in [0.2, 0.25) is 0 Å². The van der Waals surface area contributed by atoms with Gasteiger partial charge >= 0.3 is 7.12 Å². The molecule has 0 atom stereocenters. The number of halogens is 1. The van der Waals surface area contributed by atoms with Gasteiger partial charge < -0.3 is 10.0 Å². The second kappa shape index (κ2) is 13.9. The van der Waals surface area contributed by atoms with Crippen LogP contribution in [0.25, 0.3) is 23.3 Å².